The molecule has 6 aromatic rings. The first kappa shape index (κ1) is 20.0. The number of rotatable bonds is 4. The number of aromatic nitrogens is 2. The summed E-state index contributed by atoms with van der Waals surface area (Å²) in [6.07, 6.45) is 0.728. The van der Waals surface area contributed by atoms with Crippen molar-refractivity contribution in [2.75, 3.05) is 0 Å². The molecule has 2 heterocycles. The summed E-state index contributed by atoms with van der Waals surface area (Å²) in [6, 6.07) is 27.1. The Balaban J connectivity index is 1.29. The van der Waals surface area contributed by atoms with E-state index in [1.54, 1.807) is 0 Å². The topological polar surface area (TPSA) is 52.1 Å². The van der Waals surface area contributed by atoms with Crippen LogP contribution < -0.4 is 0 Å². The Morgan fingerprint density at radius 3 is 1.52 bits per heavy atom. The van der Waals surface area contributed by atoms with Gasteiger partial charge in [-0.3, -0.25) is 0 Å². The van der Waals surface area contributed by atoms with E-state index in [1.165, 1.54) is 0 Å². The van der Waals surface area contributed by atoms with Crippen molar-refractivity contribution in [3.63, 3.8) is 0 Å². The van der Waals surface area contributed by atoms with Crippen molar-refractivity contribution in [1.29, 1.82) is 0 Å². The van der Waals surface area contributed by atoms with Gasteiger partial charge in [-0.15, -0.1) is 0 Å². The second-order valence-corrected chi connectivity index (χ2v) is 8.71. The molecule has 0 radical (unpaired) electrons. The molecule has 4 nitrogen and oxygen atoms in total. The number of nitrogens with zero attached hydrogens (tertiary/aromatic N) is 2. The minimum absolute atomic E-state index is 0.557. The molecular weight excluding hydrogens is 455 g/mol. The average Bonchev–Trinajstić information content (AvgIpc) is 3.43. The molecule has 0 aliphatic rings. The third-order valence-corrected chi connectivity index (χ3v) is 5.93. The van der Waals surface area contributed by atoms with E-state index in [-0.39, 0.29) is 0 Å². The number of hydrogen-bond donors (Lipinski definition) is 0. The van der Waals surface area contributed by atoms with E-state index in [9.17, 15) is 0 Å². The van der Waals surface area contributed by atoms with Crippen molar-refractivity contribution in [3.05, 3.63) is 106 Å². The quantitative estimate of drug-likeness (QED) is 0.260. The lowest BCUT2D eigenvalue weighted by atomic mass is 10.0. The molecule has 2 aromatic heterocycles. The van der Waals surface area contributed by atoms with E-state index in [0.717, 1.165) is 50.9 Å². The van der Waals surface area contributed by atoms with Crippen LogP contribution in [0, 0.1) is 0 Å². The molecule has 0 saturated heterocycles. The summed E-state index contributed by atoms with van der Waals surface area (Å²) in [6.45, 7) is 0. The van der Waals surface area contributed by atoms with Crippen LogP contribution in [0.25, 0.3) is 45.1 Å². The fraction of sp³-hybridized carbons (Fsp3) is 0.0370. The Morgan fingerprint density at radius 1 is 0.576 bits per heavy atom. The molecule has 4 aromatic carbocycles. The monoisotopic (exact) mass is 470 g/mol. The van der Waals surface area contributed by atoms with Crippen molar-refractivity contribution < 1.29 is 8.83 Å². The van der Waals surface area contributed by atoms with Crippen LogP contribution in [0.3, 0.4) is 0 Å². The summed E-state index contributed by atoms with van der Waals surface area (Å²) in [5.41, 5.74) is 7.04. The number of oxazole rings is 2. The minimum Gasteiger partial charge on any atom is -0.436 e. The maximum atomic E-state index is 6.11. The van der Waals surface area contributed by atoms with Gasteiger partial charge in [-0.2, -0.15) is 0 Å². The van der Waals surface area contributed by atoms with Crippen LogP contribution in [0.2, 0.25) is 10.0 Å². The average molecular weight is 471 g/mol. The van der Waals surface area contributed by atoms with Crippen molar-refractivity contribution in [2.24, 2.45) is 0 Å². The summed E-state index contributed by atoms with van der Waals surface area (Å²) in [5.74, 6) is 1.11. The fourth-order valence-corrected chi connectivity index (χ4v) is 4.26. The van der Waals surface area contributed by atoms with Gasteiger partial charge in [-0.1, -0.05) is 47.5 Å². The van der Waals surface area contributed by atoms with Gasteiger partial charge in [0.15, 0.2) is 11.2 Å². The molecule has 0 atom stereocenters. The third-order valence-electron chi connectivity index (χ3n) is 5.46. The molecule has 0 amide bonds. The van der Waals surface area contributed by atoms with Gasteiger partial charge in [0.25, 0.3) is 0 Å². The molecular formula is C27H16Cl2N2O2. The first-order valence-electron chi connectivity index (χ1n) is 10.4. The van der Waals surface area contributed by atoms with Gasteiger partial charge in [0.2, 0.25) is 11.8 Å². The van der Waals surface area contributed by atoms with Crippen LogP contribution >= 0.6 is 23.2 Å². The number of hydrogen-bond acceptors (Lipinski definition) is 4. The SMILES string of the molecule is Clc1cccc(-c2nc3ccc(Cc4ccc5nc(-c6cccc(Cl)c6)oc5c4)cc3o2)c1. The van der Waals surface area contributed by atoms with Crippen LogP contribution in [0.1, 0.15) is 11.1 Å². The Morgan fingerprint density at radius 2 is 1.06 bits per heavy atom. The molecule has 6 rings (SSSR count). The normalized spacial score (nSPS) is 11.5. The predicted molar refractivity (Wildman–Crippen MR) is 132 cm³/mol. The lowest BCUT2D eigenvalue weighted by Crippen LogP contribution is -1.87. The van der Waals surface area contributed by atoms with Crippen molar-refractivity contribution in [2.45, 2.75) is 6.42 Å². The lowest BCUT2D eigenvalue weighted by molar-refractivity contribution is 0.619. The maximum Gasteiger partial charge on any atom is 0.227 e. The maximum absolute atomic E-state index is 6.11. The highest BCUT2D eigenvalue weighted by Gasteiger charge is 2.12. The minimum atomic E-state index is 0.557. The molecule has 0 aliphatic heterocycles. The van der Waals surface area contributed by atoms with Crippen molar-refractivity contribution >= 4 is 45.4 Å². The first-order chi connectivity index (χ1) is 16.1. The first-order valence-corrected chi connectivity index (χ1v) is 11.2. The predicted octanol–water partition coefficient (Wildman–Crippen LogP) is 8.20. The van der Waals surface area contributed by atoms with E-state index >= 15 is 0 Å². The summed E-state index contributed by atoms with van der Waals surface area (Å²) < 4.78 is 12.0. The van der Waals surface area contributed by atoms with Crippen LogP contribution in [-0.2, 0) is 6.42 Å². The summed E-state index contributed by atoms with van der Waals surface area (Å²) in [5, 5.41) is 1.30. The molecule has 6 heteroatoms. The van der Waals surface area contributed by atoms with E-state index in [0.29, 0.717) is 21.8 Å². The van der Waals surface area contributed by atoms with E-state index in [1.807, 2.05) is 72.8 Å². The highest BCUT2D eigenvalue weighted by Crippen LogP contribution is 2.29. The summed E-state index contributed by atoms with van der Waals surface area (Å²) >= 11 is 12.2. The van der Waals surface area contributed by atoms with E-state index in [4.69, 9.17) is 32.0 Å². The fourth-order valence-electron chi connectivity index (χ4n) is 3.88. The van der Waals surface area contributed by atoms with Gasteiger partial charge in [-0.25, -0.2) is 9.97 Å². The smallest absolute Gasteiger partial charge is 0.227 e. The van der Waals surface area contributed by atoms with Crippen LogP contribution in [0.15, 0.2) is 93.8 Å². The molecule has 0 aliphatic carbocycles. The van der Waals surface area contributed by atoms with Crippen molar-refractivity contribution in [1.82, 2.24) is 9.97 Å². The number of benzene rings is 4. The molecule has 0 bridgehead atoms. The Kier molecular flexibility index (Phi) is 4.90. The standard InChI is InChI=1S/C27H16Cl2N2O2/c28-20-5-1-3-18(14-20)26-30-22-9-7-16(12-24(22)32-26)11-17-8-10-23-25(13-17)33-27(31-23)19-4-2-6-21(29)15-19/h1-10,12-15H,11H2. The Bertz CT molecular complexity index is 1510. The molecule has 0 unspecified atom stereocenters. The molecule has 0 saturated carbocycles. The second kappa shape index (κ2) is 8.07. The van der Waals surface area contributed by atoms with Gasteiger partial charge in [-0.05, 0) is 78.2 Å². The van der Waals surface area contributed by atoms with Gasteiger partial charge >= 0.3 is 0 Å². The van der Waals surface area contributed by atoms with Crippen LogP contribution in [0.4, 0.5) is 0 Å². The van der Waals surface area contributed by atoms with Gasteiger partial charge < -0.3 is 8.83 Å². The molecule has 0 N–H and O–H groups in total. The summed E-state index contributed by atoms with van der Waals surface area (Å²) in [4.78, 5) is 9.19. The highest BCUT2D eigenvalue weighted by atomic mass is 35.5. The largest absolute Gasteiger partial charge is 0.436 e. The molecule has 0 spiro atoms. The zero-order valence-electron chi connectivity index (χ0n) is 17.3. The van der Waals surface area contributed by atoms with Crippen LogP contribution in [-0.4, -0.2) is 9.97 Å². The zero-order chi connectivity index (χ0) is 22.4. The zero-order valence-corrected chi connectivity index (χ0v) is 18.8. The Hall–Kier alpha value is -3.60. The van der Waals surface area contributed by atoms with Crippen molar-refractivity contribution in [3.8, 4) is 22.9 Å². The Labute approximate surface area is 199 Å². The number of fused-ring (bicyclic) bond motifs is 2. The molecule has 0 fully saturated rings. The molecule has 33 heavy (non-hydrogen) atoms. The number of halogens is 2. The van der Waals surface area contributed by atoms with Gasteiger partial charge in [0.05, 0.1) is 0 Å². The molecule has 160 valence electrons. The lowest BCUT2D eigenvalue weighted by Gasteiger charge is -2.01. The van der Waals surface area contributed by atoms with E-state index in [2.05, 4.69) is 22.1 Å². The van der Waals surface area contributed by atoms with Gasteiger partial charge in [0, 0.05) is 21.2 Å². The van der Waals surface area contributed by atoms with Crippen LogP contribution in [0.5, 0.6) is 0 Å². The second-order valence-electron chi connectivity index (χ2n) is 7.84. The van der Waals surface area contributed by atoms with E-state index < -0.39 is 0 Å². The summed E-state index contributed by atoms with van der Waals surface area (Å²) in [7, 11) is 0. The third kappa shape index (κ3) is 3.99. The highest BCUT2D eigenvalue weighted by molar-refractivity contribution is 6.31. The van der Waals surface area contributed by atoms with Gasteiger partial charge in [0.1, 0.15) is 11.0 Å².